The summed E-state index contributed by atoms with van der Waals surface area (Å²) in [7, 11) is -4.78. The predicted molar refractivity (Wildman–Crippen MR) is 204 cm³/mol. The fourth-order valence-electron chi connectivity index (χ4n) is 5.21. The molecule has 0 aromatic rings. The Morgan fingerprint density at radius 3 is 1.78 bits per heavy atom. The number of rotatable bonds is 35. The molecule has 0 radical (unpaired) electrons. The van der Waals surface area contributed by atoms with Crippen LogP contribution in [0.3, 0.4) is 0 Å². The van der Waals surface area contributed by atoms with Gasteiger partial charge in [0.25, 0.3) is 0 Å². The van der Waals surface area contributed by atoms with Crippen LogP contribution in [0.1, 0.15) is 168 Å². The van der Waals surface area contributed by atoms with Gasteiger partial charge in [-0.1, -0.05) is 159 Å². The molecule has 0 aliphatic heterocycles. The van der Waals surface area contributed by atoms with Crippen LogP contribution in [-0.4, -0.2) is 52.3 Å². The average Bonchev–Trinajstić information content (AvgIpc) is 3.08. The number of allylic oxidation sites excluding steroid dienone is 6. The molecule has 0 saturated carbocycles. The quantitative estimate of drug-likeness (QED) is 0.0191. The molecular formula is C40H71O9P. The molecule has 3 N–H and O–H groups in total. The summed E-state index contributed by atoms with van der Waals surface area (Å²) >= 11 is 0. The van der Waals surface area contributed by atoms with Crippen molar-refractivity contribution in [3.05, 3.63) is 48.6 Å². The van der Waals surface area contributed by atoms with E-state index in [0.29, 0.717) is 25.7 Å². The fourth-order valence-corrected chi connectivity index (χ4v) is 5.57. The first-order chi connectivity index (χ1) is 24.2. The van der Waals surface area contributed by atoms with Crippen molar-refractivity contribution in [3.8, 4) is 0 Å². The van der Waals surface area contributed by atoms with Crippen molar-refractivity contribution in [2.24, 2.45) is 0 Å². The smallest absolute Gasteiger partial charge is 0.462 e. The van der Waals surface area contributed by atoms with Gasteiger partial charge in [-0.15, -0.1) is 0 Å². The molecule has 2 atom stereocenters. The number of aliphatic hydroxyl groups is 1. The van der Waals surface area contributed by atoms with Gasteiger partial charge in [0.2, 0.25) is 0 Å². The monoisotopic (exact) mass is 726 g/mol. The van der Waals surface area contributed by atoms with Crippen LogP contribution in [-0.2, 0) is 28.2 Å². The first-order valence-corrected chi connectivity index (χ1v) is 21.1. The summed E-state index contributed by atoms with van der Waals surface area (Å²) in [6, 6.07) is 0. The van der Waals surface area contributed by atoms with E-state index in [1.165, 1.54) is 83.5 Å². The standard InChI is InChI=1S/C40H71O9P/c1-3-5-7-9-11-12-13-14-15-16-17-21-26-30-34-40(43)49-38(36-48-50(44,45)46)35-47-39(42)33-29-25-22-18-20-24-28-32-37(41)31-27-23-19-10-8-6-4-2/h18-19,22-24,27-28,31,37-38,41H,3-17,20-21,25-26,29-30,32-36H2,1-2H3,(H2,44,45,46)/b22-18+,23-19-,28-24-,31-27-/t37-,38-/m1/s1. The maximum Gasteiger partial charge on any atom is 0.469 e. The Morgan fingerprint density at radius 2 is 1.16 bits per heavy atom. The van der Waals surface area contributed by atoms with E-state index >= 15 is 0 Å². The molecule has 0 aromatic heterocycles. The highest BCUT2D eigenvalue weighted by molar-refractivity contribution is 7.46. The lowest BCUT2D eigenvalue weighted by Crippen LogP contribution is -2.29. The Hall–Kier alpha value is -2.03. The van der Waals surface area contributed by atoms with Crippen molar-refractivity contribution in [2.75, 3.05) is 13.2 Å². The second kappa shape index (κ2) is 35.4. The summed E-state index contributed by atoms with van der Waals surface area (Å²) in [6.45, 7) is 3.53. The first kappa shape index (κ1) is 48.0. The topological polar surface area (TPSA) is 140 Å². The lowest BCUT2D eigenvalue weighted by Gasteiger charge is -2.18. The Bertz CT molecular complexity index is 970. The van der Waals surface area contributed by atoms with Crippen LogP contribution in [0.2, 0.25) is 0 Å². The first-order valence-electron chi connectivity index (χ1n) is 19.5. The van der Waals surface area contributed by atoms with E-state index in [1.807, 2.05) is 36.5 Å². The summed E-state index contributed by atoms with van der Waals surface area (Å²) in [6.07, 6.45) is 38.6. The van der Waals surface area contributed by atoms with E-state index in [9.17, 15) is 19.3 Å². The molecule has 0 unspecified atom stereocenters. The number of ether oxygens (including phenoxy) is 2. The average molecular weight is 727 g/mol. The summed E-state index contributed by atoms with van der Waals surface area (Å²) < 4.78 is 26.2. The van der Waals surface area contributed by atoms with Gasteiger partial charge >= 0.3 is 19.8 Å². The summed E-state index contributed by atoms with van der Waals surface area (Å²) in [5, 5.41) is 10.0. The summed E-state index contributed by atoms with van der Waals surface area (Å²) in [5.74, 6) is -0.991. The van der Waals surface area contributed by atoms with Gasteiger partial charge in [-0.05, 0) is 44.9 Å². The minimum atomic E-state index is -4.78. The molecule has 0 rings (SSSR count). The number of hydrogen-bond donors (Lipinski definition) is 3. The van der Waals surface area contributed by atoms with Crippen molar-refractivity contribution in [2.45, 2.75) is 180 Å². The van der Waals surface area contributed by atoms with Gasteiger partial charge in [0.05, 0.1) is 12.7 Å². The molecule has 0 aliphatic rings. The second-order valence-corrected chi connectivity index (χ2v) is 14.3. The van der Waals surface area contributed by atoms with Gasteiger partial charge in [-0.25, -0.2) is 4.57 Å². The van der Waals surface area contributed by atoms with Crippen LogP contribution in [0.25, 0.3) is 0 Å². The highest BCUT2D eigenvalue weighted by Gasteiger charge is 2.22. The largest absolute Gasteiger partial charge is 0.469 e. The highest BCUT2D eigenvalue weighted by atomic mass is 31.2. The molecule has 0 fully saturated rings. The number of esters is 2. The molecule has 9 nitrogen and oxygen atoms in total. The van der Waals surface area contributed by atoms with Crippen LogP contribution in [0, 0.1) is 0 Å². The molecule has 290 valence electrons. The molecule has 0 aliphatic carbocycles. The number of phosphoric acid groups is 1. The number of hydrogen-bond acceptors (Lipinski definition) is 7. The van der Waals surface area contributed by atoms with Gasteiger partial charge in [-0.3, -0.25) is 14.1 Å². The van der Waals surface area contributed by atoms with Crippen molar-refractivity contribution in [1.29, 1.82) is 0 Å². The Kier molecular flexibility index (Phi) is 33.9. The lowest BCUT2D eigenvalue weighted by molar-refractivity contribution is -0.161. The second-order valence-electron chi connectivity index (χ2n) is 13.1. The number of aliphatic hydroxyl groups excluding tert-OH is 1. The van der Waals surface area contributed by atoms with Crippen LogP contribution >= 0.6 is 7.82 Å². The molecule has 0 spiro atoms. The number of carbonyl (C=O) groups is 2. The van der Waals surface area contributed by atoms with Crippen LogP contribution in [0.5, 0.6) is 0 Å². The molecular weight excluding hydrogens is 655 g/mol. The molecule has 0 bridgehead atoms. The molecule has 10 heteroatoms. The van der Waals surface area contributed by atoms with Crippen molar-refractivity contribution >= 4 is 19.8 Å². The van der Waals surface area contributed by atoms with E-state index in [4.69, 9.17) is 19.3 Å². The zero-order valence-electron chi connectivity index (χ0n) is 31.4. The van der Waals surface area contributed by atoms with Crippen molar-refractivity contribution in [3.63, 3.8) is 0 Å². The molecule has 0 amide bonds. The van der Waals surface area contributed by atoms with E-state index in [-0.39, 0.29) is 19.4 Å². The Labute approximate surface area is 304 Å². The SMILES string of the molecule is CCCCC/C=C\C=C/[C@@H](O)C/C=C\C/C=C/CCCC(=O)OC[C@H](COP(=O)(O)O)OC(=O)CCCCCCCCCCCCCCCC. The number of phosphoric ester groups is 1. The van der Waals surface area contributed by atoms with Gasteiger partial charge < -0.3 is 24.4 Å². The summed E-state index contributed by atoms with van der Waals surface area (Å²) in [4.78, 5) is 42.7. The molecule has 0 saturated heterocycles. The van der Waals surface area contributed by atoms with Gasteiger partial charge in [-0.2, -0.15) is 0 Å². The van der Waals surface area contributed by atoms with E-state index in [2.05, 4.69) is 24.4 Å². The fraction of sp³-hybridized carbons (Fsp3) is 0.750. The zero-order chi connectivity index (χ0) is 37.0. The van der Waals surface area contributed by atoms with Crippen LogP contribution < -0.4 is 0 Å². The van der Waals surface area contributed by atoms with Crippen molar-refractivity contribution < 1.29 is 43.0 Å². The van der Waals surface area contributed by atoms with E-state index in [0.717, 1.165) is 32.1 Å². The maximum atomic E-state index is 12.4. The van der Waals surface area contributed by atoms with Gasteiger partial charge in [0.1, 0.15) is 6.61 Å². The minimum Gasteiger partial charge on any atom is -0.462 e. The highest BCUT2D eigenvalue weighted by Crippen LogP contribution is 2.36. The third-order valence-corrected chi connectivity index (χ3v) is 8.67. The van der Waals surface area contributed by atoms with Gasteiger partial charge in [0.15, 0.2) is 6.10 Å². The Morgan fingerprint density at radius 1 is 0.620 bits per heavy atom. The van der Waals surface area contributed by atoms with Crippen LogP contribution in [0.4, 0.5) is 0 Å². The molecule has 0 heterocycles. The van der Waals surface area contributed by atoms with E-state index < -0.39 is 38.6 Å². The molecule has 50 heavy (non-hydrogen) atoms. The minimum absolute atomic E-state index is 0.158. The predicted octanol–water partition coefficient (Wildman–Crippen LogP) is 10.5. The van der Waals surface area contributed by atoms with Crippen LogP contribution in [0.15, 0.2) is 48.6 Å². The Balaban J connectivity index is 4.11. The normalized spacial score (nSPS) is 13.6. The summed E-state index contributed by atoms with van der Waals surface area (Å²) in [5.41, 5.74) is 0. The number of carbonyl (C=O) groups excluding carboxylic acids is 2. The van der Waals surface area contributed by atoms with Crippen molar-refractivity contribution in [1.82, 2.24) is 0 Å². The number of unbranched alkanes of at least 4 members (excludes halogenated alkanes) is 17. The third kappa shape index (κ3) is 37.2. The third-order valence-electron chi connectivity index (χ3n) is 8.18. The van der Waals surface area contributed by atoms with Gasteiger partial charge in [0, 0.05) is 12.8 Å². The lowest BCUT2D eigenvalue weighted by atomic mass is 10.0. The van der Waals surface area contributed by atoms with E-state index in [1.54, 1.807) is 6.08 Å². The maximum absolute atomic E-state index is 12.4. The molecule has 0 aromatic carbocycles. The zero-order valence-corrected chi connectivity index (χ0v) is 32.3.